The van der Waals surface area contributed by atoms with Crippen molar-refractivity contribution >= 4 is 40.6 Å². The lowest BCUT2D eigenvalue weighted by molar-refractivity contribution is 0.102. The van der Waals surface area contributed by atoms with Crippen LogP contribution < -0.4 is 20.7 Å². The Labute approximate surface area is 166 Å². The minimum absolute atomic E-state index is 0.306. The minimum Gasteiger partial charge on any atom is -0.454 e. The van der Waals surface area contributed by atoms with E-state index in [0.29, 0.717) is 39.1 Å². The van der Waals surface area contributed by atoms with Crippen LogP contribution in [0, 0.1) is 6.92 Å². The van der Waals surface area contributed by atoms with Crippen LogP contribution in [0.2, 0.25) is 5.02 Å². The van der Waals surface area contributed by atoms with Gasteiger partial charge in [-0.25, -0.2) is 4.79 Å². The molecule has 3 aromatic carbocycles. The molecule has 0 unspecified atom stereocenters. The molecule has 0 fully saturated rings. The monoisotopic (exact) mass is 393 g/mol. The fourth-order valence-corrected chi connectivity index (χ4v) is 3.04. The quantitative estimate of drug-likeness (QED) is 0.526. The SMILES string of the molecule is Cc1ccccc1NC(=O)Nc1ccc2c(c1)C(=O)Nc1cc(Cl)ccc1O2. The maximum atomic E-state index is 12.6. The number of hydrogen-bond acceptors (Lipinski definition) is 3. The Kier molecular flexibility index (Phi) is 4.63. The lowest BCUT2D eigenvalue weighted by Gasteiger charge is -2.12. The summed E-state index contributed by atoms with van der Waals surface area (Å²) in [6.45, 7) is 1.91. The summed E-state index contributed by atoms with van der Waals surface area (Å²) in [6, 6.07) is 16.9. The summed E-state index contributed by atoms with van der Waals surface area (Å²) in [7, 11) is 0. The Morgan fingerprint density at radius 2 is 1.79 bits per heavy atom. The van der Waals surface area contributed by atoms with Crippen molar-refractivity contribution in [2.24, 2.45) is 0 Å². The lowest BCUT2D eigenvalue weighted by Crippen LogP contribution is -2.20. The van der Waals surface area contributed by atoms with Gasteiger partial charge in [0.15, 0.2) is 5.75 Å². The van der Waals surface area contributed by atoms with Crippen molar-refractivity contribution in [3.63, 3.8) is 0 Å². The maximum Gasteiger partial charge on any atom is 0.323 e. The van der Waals surface area contributed by atoms with Gasteiger partial charge in [0.1, 0.15) is 5.75 Å². The van der Waals surface area contributed by atoms with E-state index < -0.39 is 6.03 Å². The molecule has 0 saturated carbocycles. The first-order valence-corrected chi connectivity index (χ1v) is 8.94. The van der Waals surface area contributed by atoms with Crippen LogP contribution in [0.1, 0.15) is 15.9 Å². The standard InChI is InChI=1S/C21H16ClN3O3/c1-12-4-2-3-5-16(12)25-21(27)23-14-7-9-18-15(11-14)20(26)24-17-10-13(22)6-8-19(17)28-18/h2-11H,1H3,(H,24,26)(H2,23,25,27). The molecule has 0 spiro atoms. The first-order valence-electron chi connectivity index (χ1n) is 8.56. The molecule has 0 aliphatic carbocycles. The molecule has 6 nitrogen and oxygen atoms in total. The maximum absolute atomic E-state index is 12.6. The number of carbonyl (C=O) groups is 2. The molecule has 0 saturated heterocycles. The smallest absolute Gasteiger partial charge is 0.323 e. The highest BCUT2D eigenvalue weighted by atomic mass is 35.5. The average molecular weight is 394 g/mol. The van der Waals surface area contributed by atoms with Crippen LogP contribution in [0.3, 0.4) is 0 Å². The van der Waals surface area contributed by atoms with Gasteiger partial charge in [-0.1, -0.05) is 29.8 Å². The molecule has 0 radical (unpaired) electrons. The van der Waals surface area contributed by atoms with Crippen LogP contribution in [0.4, 0.5) is 21.9 Å². The molecule has 7 heteroatoms. The van der Waals surface area contributed by atoms with Gasteiger partial charge in [-0.05, 0) is 55.0 Å². The summed E-state index contributed by atoms with van der Waals surface area (Å²) >= 11 is 5.99. The zero-order valence-electron chi connectivity index (χ0n) is 14.9. The second kappa shape index (κ2) is 7.25. The predicted octanol–water partition coefficient (Wildman–Crippen LogP) is 5.65. The Morgan fingerprint density at radius 1 is 1.00 bits per heavy atom. The van der Waals surface area contributed by atoms with Crippen LogP contribution >= 0.6 is 11.6 Å². The van der Waals surface area contributed by atoms with Crippen LogP contribution in [0.25, 0.3) is 0 Å². The molecule has 0 aromatic heterocycles. The first-order chi connectivity index (χ1) is 13.5. The van der Waals surface area contributed by atoms with Crippen molar-refractivity contribution in [1.29, 1.82) is 0 Å². The third-order valence-corrected chi connectivity index (χ3v) is 4.52. The molecule has 0 atom stereocenters. The number of halogens is 1. The highest BCUT2D eigenvalue weighted by Gasteiger charge is 2.21. The molecule has 4 rings (SSSR count). The molecular weight excluding hydrogens is 378 g/mol. The number of aryl methyl sites for hydroxylation is 1. The second-order valence-electron chi connectivity index (χ2n) is 6.30. The summed E-state index contributed by atoms with van der Waals surface area (Å²) in [5, 5.41) is 8.78. The van der Waals surface area contributed by atoms with E-state index in [-0.39, 0.29) is 5.91 Å². The van der Waals surface area contributed by atoms with E-state index in [1.54, 1.807) is 36.4 Å². The molecule has 1 heterocycles. The zero-order valence-corrected chi connectivity index (χ0v) is 15.6. The average Bonchev–Trinajstić information content (AvgIpc) is 2.79. The minimum atomic E-state index is -0.403. The molecular formula is C21H16ClN3O3. The number of carbonyl (C=O) groups excluding carboxylic acids is 2. The normalized spacial score (nSPS) is 12.0. The zero-order chi connectivity index (χ0) is 19.7. The van der Waals surface area contributed by atoms with Gasteiger partial charge < -0.3 is 20.7 Å². The van der Waals surface area contributed by atoms with Crippen LogP contribution in [0.5, 0.6) is 11.5 Å². The van der Waals surface area contributed by atoms with E-state index in [1.165, 1.54) is 0 Å². The van der Waals surface area contributed by atoms with E-state index in [2.05, 4.69) is 16.0 Å². The second-order valence-corrected chi connectivity index (χ2v) is 6.74. The van der Waals surface area contributed by atoms with Crippen molar-refractivity contribution in [2.45, 2.75) is 6.92 Å². The van der Waals surface area contributed by atoms with Gasteiger partial charge >= 0.3 is 6.03 Å². The Bertz CT molecular complexity index is 1100. The van der Waals surface area contributed by atoms with Crippen molar-refractivity contribution < 1.29 is 14.3 Å². The number of anilines is 3. The summed E-state index contributed by atoms with van der Waals surface area (Å²) in [5.41, 5.74) is 2.92. The molecule has 3 aromatic rings. The predicted molar refractivity (Wildman–Crippen MR) is 110 cm³/mol. The molecule has 28 heavy (non-hydrogen) atoms. The highest BCUT2D eigenvalue weighted by molar-refractivity contribution is 6.31. The fourth-order valence-electron chi connectivity index (χ4n) is 2.87. The van der Waals surface area contributed by atoms with Crippen molar-refractivity contribution in [3.8, 4) is 11.5 Å². The number of benzene rings is 3. The fraction of sp³-hybridized carbons (Fsp3) is 0.0476. The van der Waals surface area contributed by atoms with Gasteiger partial charge in [0.05, 0.1) is 11.3 Å². The van der Waals surface area contributed by atoms with Crippen molar-refractivity contribution in [1.82, 2.24) is 0 Å². The number of nitrogens with one attached hydrogen (secondary N) is 3. The largest absolute Gasteiger partial charge is 0.454 e. The molecule has 1 aliphatic rings. The van der Waals surface area contributed by atoms with E-state index >= 15 is 0 Å². The lowest BCUT2D eigenvalue weighted by atomic mass is 10.1. The molecule has 0 bridgehead atoms. The van der Waals surface area contributed by atoms with Crippen LogP contribution in [0.15, 0.2) is 60.7 Å². The summed E-state index contributed by atoms with van der Waals surface area (Å²) in [4.78, 5) is 24.9. The first kappa shape index (κ1) is 17.9. The summed E-state index contributed by atoms with van der Waals surface area (Å²) in [6.07, 6.45) is 0. The molecule has 3 N–H and O–H groups in total. The number of rotatable bonds is 2. The number of amides is 3. The number of ether oxygens (including phenoxy) is 1. The molecule has 1 aliphatic heterocycles. The topological polar surface area (TPSA) is 79.5 Å². The van der Waals surface area contributed by atoms with Gasteiger partial charge in [-0.3, -0.25) is 4.79 Å². The van der Waals surface area contributed by atoms with Gasteiger partial charge in [0.2, 0.25) is 0 Å². The number of hydrogen-bond donors (Lipinski definition) is 3. The molecule has 140 valence electrons. The van der Waals surface area contributed by atoms with Crippen LogP contribution in [-0.4, -0.2) is 11.9 Å². The van der Waals surface area contributed by atoms with Crippen LogP contribution in [-0.2, 0) is 0 Å². The Hall–Kier alpha value is -3.51. The van der Waals surface area contributed by atoms with E-state index in [1.807, 2.05) is 31.2 Å². The van der Waals surface area contributed by atoms with Gasteiger partial charge in [0, 0.05) is 16.4 Å². The number of para-hydroxylation sites is 1. The summed E-state index contributed by atoms with van der Waals surface area (Å²) in [5.74, 6) is 0.539. The Morgan fingerprint density at radius 3 is 2.61 bits per heavy atom. The third kappa shape index (κ3) is 3.63. The Balaban J connectivity index is 1.55. The van der Waals surface area contributed by atoms with Gasteiger partial charge in [-0.15, -0.1) is 0 Å². The van der Waals surface area contributed by atoms with E-state index in [0.717, 1.165) is 5.56 Å². The van der Waals surface area contributed by atoms with Crippen molar-refractivity contribution in [3.05, 3.63) is 76.8 Å². The van der Waals surface area contributed by atoms with Crippen molar-refractivity contribution in [2.75, 3.05) is 16.0 Å². The number of urea groups is 1. The highest BCUT2D eigenvalue weighted by Crippen LogP contribution is 2.37. The van der Waals surface area contributed by atoms with Gasteiger partial charge in [0.25, 0.3) is 5.91 Å². The van der Waals surface area contributed by atoms with E-state index in [4.69, 9.17) is 16.3 Å². The van der Waals surface area contributed by atoms with Gasteiger partial charge in [-0.2, -0.15) is 0 Å². The molecule has 3 amide bonds. The third-order valence-electron chi connectivity index (χ3n) is 4.29. The number of fused-ring (bicyclic) bond motifs is 2. The summed E-state index contributed by atoms with van der Waals surface area (Å²) < 4.78 is 5.83. The van der Waals surface area contributed by atoms with E-state index in [9.17, 15) is 9.59 Å².